The molecule has 4 nitrogen and oxygen atoms in total. The van der Waals surface area contributed by atoms with Crippen LogP contribution in [0.15, 0.2) is 42.5 Å². The normalized spacial score (nSPS) is 13.1. The van der Waals surface area contributed by atoms with Crippen LogP contribution in [0.3, 0.4) is 0 Å². The fraction of sp³-hybridized carbons (Fsp3) is 0.176. The number of amides is 1. The summed E-state index contributed by atoms with van der Waals surface area (Å²) in [5.41, 5.74) is 4.31. The van der Waals surface area contributed by atoms with Crippen LogP contribution >= 0.6 is 0 Å². The van der Waals surface area contributed by atoms with E-state index >= 15 is 0 Å². The van der Waals surface area contributed by atoms with Gasteiger partial charge in [0.2, 0.25) is 0 Å². The van der Waals surface area contributed by atoms with E-state index in [1.807, 2.05) is 18.2 Å². The molecule has 4 heteroatoms. The number of hydrogen-bond acceptors (Lipinski definition) is 3. The van der Waals surface area contributed by atoms with Crippen molar-refractivity contribution in [3.8, 4) is 6.07 Å². The summed E-state index contributed by atoms with van der Waals surface area (Å²) in [6.45, 7) is 1.84. The van der Waals surface area contributed by atoms with Crippen molar-refractivity contribution in [2.24, 2.45) is 0 Å². The van der Waals surface area contributed by atoms with E-state index in [4.69, 9.17) is 5.26 Å². The van der Waals surface area contributed by atoms with Gasteiger partial charge in [-0.2, -0.15) is 5.26 Å². The first-order valence-electron chi connectivity index (χ1n) is 6.90. The number of rotatable bonds is 2. The van der Waals surface area contributed by atoms with Crippen molar-refractivity contribution in [3.63, 3.8) is 0 Å². The summed E-state index contributed by atoms with van der Waals surface area (Å²) < 4.78 is 0. The summed E-state index contributed by atoms with van der Waals surface area (Å²) in [4.78, 5) is 12.2. The maximum Gasteiger partial charge on any atom is 0.255 e. The average Bonchev–Trinajstić information content (AvgIpc) is 2.54. The Morgan fingerprint density at radius 2 is 2.10 bits per heavy atom. The summed E-state index contributed by atoms with van der Waals surface area (Å²) in [6.07, 6.45) is 1.02. The second-order valence-electron chi connectivity index (χ2n) is 5.06. The van der Waals surface area contributed by atoms with E-state index in [9.17, 15) is 4.79 Å². The van der Waals surface area contributed by atoms with Crippen LogP contribution in [0.1, 0.15) is 27.0 Å². The number of fused-ring (bicyclic) bond motifs is 1. The Bertz CT molecular complexity index is 731. The highest BCUT2D eigenvalue weighted by Crippen LogP contribution is 2.19. The van der Waals surface area contributed by atoms with Gasteiger partial charge in [0.1, 0.15) is 0 Å². The first kappa shape index (κ1) is 13.3. The van der Waals surface area contributed by atoms with Crippen LogP contribution in [0, 0.1) is 11.3 Å². The van der Waals surface area contributed by atoms with E-state index in [0.29, 0.717) is 11.1 Å². The summed E-state index contributed by atoms with van der Waals surface area (Å²) in [5, 5.41) is 15.1. The lowest BCUT2D eigenvalue weighted by atomic mass is 10.0. The number of nitrogens with zero attached hydrogens (tertiary/aromatic N) is 1. The molecule has 0 saturated carbocycles. The molecule has 2 aromatic carbocycles. The first-order valence-corrected chi connectivity index (χ1v) is 6.90. The van der Waals surface area contributed by atoms with E-state index < -0.39 is 0 Å². The van der Waals surface area contributed by atoms with Gasteiger partial charge in [0, 0.05) is 17.8 Å². The highest BCUT2D eigenvalue weighted by Gasteiger charge is 2.11. The molecule has 0 fully saturated rings. The SMILES string of the molecule is N#Cc1cccc(C(=O)Nc2ccc3c(c2)CNCC3)c1. The minimum atomic E-state index is -0.198. The minimum Gasteiger partial charge on any atom is -0.322 e. The Balaban J connectivity index is 1.80. The average molecular weight is 277 g/mol. The maximum absolute atomic E-state index is 12.2. The molecular weight excluding hydrogens is 262 g/mol. The van der Waals surface area contributed by atoms with Gasteiger partial charge in [-0.05, 0) is 54.4 Å². The summed E-state index contributed by atoms with van der Waals surface area (Å²) in [5.74, 6) is -0.198. The zero-order chi connectivity index (χ0) is 14.7. The number of carbonyl (C=O) groups excluding carboxylic acids is 1. The maximum atomic E-state index is 12.2. The molecule has 0 radical (unpaired) electrons. The van der Waals surface area contributed by atoms with Crippen LogP contribution in [-0.4, -0.2) is 12.5 Å². The van der Waals surface area contributed by atoms with Gasteiger partial charge < -0.3 is 10.6 Å². The van der Waals surface area contributed by atoms with Crippen molar-refractivity contribution in [3.05, 3.63) is 64.7 Å². The van der Waals surface area contributed by atoms with Crippen LogP contribution in [0.4, 0.5) is 5.69 Å². The monoisotopic (exact) mass is 277 g/mol. The predicted molar refractivity (Wildman–Crippen MR) is 81.0 cm³/mol. The van der Waals surface area contributed by atoms with Crippen molar-refractivity contribution in [1.29, 1.82) is 5.26 Å². The molecule has 104 valence electrons. The molecule has 0 unspecified atom stereocenters. The van der Waals surface area contributed by atoms with Crippen LogP contribution in [0.5, 0.6) is 0 Å². The molecule has 2 N–H and O–H groups in total. The quantitative estimate of drug-likeness (QED) is 0.886. The van der Waals surface area contributed by atoms with Crippen molar-refractivity contribution < 1.29 is 4.79 Å². The third-order valence-electron chi connectivity index (χ3n) is 3.60. The summed E-state index contributed by atoms with van der Waals surface area (Å²) in [7, 11) is 0. The Morgan fingerprint density at radius 1 is 1.19 bits per heavy atom. The predicted octanol–water partition coefficient (Wildman–Crippen LogP) is 2.46. The number of carbonyl (C=O) groups is 1. The molecule has 0 aliphatic carbocycles. The molecule has 1 aliphatic rings. The van der Waals surface area contributed by atoms with E-state index in [1.165, 1.54) is 11.1 Å². The zero-order valence-corrected chi connectivity index (χ0v) is 11.5. The van der Waals surface area contributed by atoms with Gasteiger partial charge in [-0.1, -0.05) is 12.1 Å². The molecular formula is C17H15N3O. The fourth-order valence-electron chi connectivity index (χ4n) is 2.49. The molecule has 0 atom stereocenters. The van der Waals surface area contributed by atoms with Crippen LogP contribution in [0.2, 0.25) is 0 Å². The topological polar surface area (TPSA) is 64.9 Å². The molecule has 0 aromatic heterocycles. The molecule has 1 amide bonds. The zero-order valence-electron chi connectivity index (χ0n) is 11.5. The third-order valence-corrected chi connectivity index (χ3v) is 3.60. The lowest BCUT2D eigenvalue weighted by Gasteiger charge is -2.18. The number of nitriles is 1. The van der Waals surface area contributed by atoms with Crippen molar-refractivity contribution in [1.82, 2.24) is 5.32 Å². The van der Waals surface area contributed by atoms with Crippen molar-refractivity contribution in [2.45, 2.75) is 13.0 Å². The molecule has 21 heavy (non-hydrogen) atoms. The lowest BCUT2D eigenvalue weighted by Crippen LogP contribution is -2.23. The van der Waals surface area contributed by atoms with Crippen LogP contribution < -0.4 is 10.6 Å². The van der Waals surface area contributed by atoms with Gasteiger partial charge in [0.05, 0.1) is 11.6 Å². The molecule has 1 aliphatic heterocycles. The minimum absolute atomic E-state index is 0.198. The molecule has 1 heterocycles. The highest BCUT2D eigenvalue weighted by atomic mass is 16.1. The molecule has 0 bridgehead atoms. The van der Waals surface area contributed by atoms with Gasteiger partial charge in [-0.15, -0.1) is 0 Å². The van der Waals surface area contributed by atoms with Gasteiger partial charge in [0.15, 0.2) is 0 Å². The fourth-order valence-corrected chi connectivity index (χ4v) is 2.49. The van der Waals surface area contributed by atoms with Crippen molar-refractivity contribution in [2.75, 3.05) is 11.9 Å². The Morgan fingerprint density at radius 3 is 2.95 bits per heavy atom. The first-order chi connectivity index (χ1) is 10.3. The smallest absolute Gasteiger partial charge is 0.255 e. The van der Waals surface area contributed by atoms with Gasteiger partial charge in [-0.25, -0.2) is 0 Å². The summed E-state index contributed by atoms with van der Waals surface area (Å²) in [6, 6.07) is 14.7. The number of benzene rings is 2. The van der Waals surface area contributed by atoms with Crippen LogP contribution in [-0.2, 0) is 13.0 Å². The van der Waals surface area contributed by atoms with E-state index in [2.05, 4.69) is 16.7 Å². The largest absolute Gasteiger partial charge is 0.322 e. The standard InChI is InChI=1S/C17H15N3O/c18-10-12-2-1-3-14(8-12)17(21)20-16-5-4-13-6-7-19-11-15(13)9-16/h1-5,8-9,19H,6-7,11H2,(H,20,21). The second-order valence-corrected chi connectivity index (χ2v) is 5.06. The Hall–Kier alpha value is -2.64. The van der Waals surface area contributed by atoms with E-state index in [-0.39, 0.29) is 5.91 Å². The Kier molecular flexibility index (Phi) is 3.67. The molecule has 3 rings (SSSR count). The summed E-state index contributed by atoms with van der Waals surface area (Å²) >= 11 is 0. The lowest BCUT2D eigenvalue weighted by molar-refractivity contribution is 0.102. The van der Waals surface area contributed by atoms with Crippen LogP contribution in [0.25, 0.3) is 0 Å². The molecule has 0 spiro atoms. The number of hydrogen-bond donors (Lipinski definition) is 2. The van der Waals surface area contributed by atoms with Gasteiger partial charge >= 0.3 is 0 Å². The second kappa shape index (κ2) is 5.78. The third kappa shape index (κ3) is 2.93. The number of anilines is 1. The molecule has 2 aromatic rings. The molecule has 0 saturated heterocycles. The van der Waals surface area contributed by atoms with Gasteiger partial charge in [0.25, 0.3) is 5.91 Å². The van der Waals surface area contributed by atoms with E-state index in [1.54, 1.807) is 24.3 Å². The highest BCUT2D eigenvalue weighted by molar-refractivity contribution is 6.04. The number of nitrogens with one attached hydrogen (secondary N) is 2. The Labute approximate surface area is 123 Å². The van der Waals surface area contributed by atoms with Crippen molar-refractivity contribution >= 4 is 11.6 Å². The van der Waals surface area contributed by atoms with Gasteiger partial charge in [-0.3, -0.25) is 4.79 Å². The van der Waals surface area contributed by atoms with E-state index in [0.717, 1.165) is 25.2 Å².